The van der Waals surface area contributed by atoms with Crippen LogP contribution in [0.25, 0.3) is 0 Å². The summed E-state index contributed by atoms with van der Waals surface area (Å²) in [6, 6.07) is 0. The number of hydrogen-bond acceptors (Lipinski definition) is 6. The Hall–Kier alpha value is -1.00. The first-order chi connectivity index (χ1) is 27.8. The van der Waals surface area contributed by atoms with E-state index in [1.54, 1.807) is 0 Å². The Labute approximate surface area is 357 Å². The van der Waals surface area contributed by atoms with Gasteiger partial charge in [0.15, 0.2) is 5.52 Å². The molecule has 0 aliphatic carbocycles. The fourth-order valence-corrected chi connectivity index (χ4v) is 10.3. The summed E-state index contributed by atoms with van der Waals surface area (Å²) in [5.74, 6) is 1.07. The van der Waals surface area contributed by atoms with Gasteiger partial charge in [-0.05, 0) is 111 Å². The zero-order chi connectivity index (χ0) is 42.0. The molecule has 0 fully saturated rings. The van der Waals surface area contributed by atoms with E-state index in [0.29, 0.717) is 43.4 Å². The Kier molecular flexibility index (Phi) is 42.3. The molecule has 0 N–H and O–H groups in total. The topological polar surface area (TPSA) is 72.9 Å². The molecule has 0 amide bonds. The van der Waals surface area contributed by atoms with Crippen molar-refractivity contribution in [2.75, 3.05) is 46.2 Å². The monoisotopic (exact) mass is 824 g/mol. The van der Waals surface area contributed by atoms with Crippen LogP contribution < -0.4 is 0 Å². The molecule has 0 heterocycles. The third-order valence-electron chi connectivity index (χ3n) is 11.8. The molecule has 0 spiro atoms. The maximum atomic E-state index is 13.2. The summed E-state index contributed by atoms with van der Waals surface area (Å²) >= 11 is 0. The summed E-state index contributed by atoms with van der Waals surface area (Å²) in [5, 5.41) is 0. The summed E-state index contributed by atoms with van der Waals surface area (Å²) in [5.41, 5.74) is 0.548. The van der Waals surface area contributed by atoms with Crippen molar-refractivity contribution >= 4 is 25.4 Å². The number of hydrogen-bond donors (Lipinski definition) is 0. The van der Waals surface area contributed by atoms with Gasteiger partial charge in [0.1, 0.15) is 0 Å². The highest BCUT2D eigenvalue weighted by Crippen LogP contribution is 2.41. The van der Waals surface area contributed by atoms with Crippen LogP contribution >= 0.6 is 7.92 Å². The fraction of sp³-hybridized carbons (Fsp3) is 0.940. The summed E-state index contributed by atoms with van der Waals surface area (Å²) in [6.45, 7) is 11.2. The van der Waals surface area contributed by atoms with Gasteiger partial charge in [-0.15, -0.1) is 0 Å². The second kappa shape index (κ2) is 43.1. The predicted molar refractivity (Wildman–Crippen MR) is 249 cm³/mol. The van der Waals surface area contributed by atoms with Gasteiger partial charge in [-0.3, -0.25) is 14.4 Å². The van der Waals surface area contributed by atoms with E-state index in [9.17, 15) is 14.4 Å². The second-order valence-corrected chi connectivity index (χ2v) is 20.3. The van der Waals surface area contributed by atoms with E-state index in [0.717, 1.165) is 57.4 Å². The quantitative estimate of drug-likeness (QED) is 0.0346. The van der Waals surface area contributed by atoms with Crippen LogP contribution in [0.1, 0.15) is 246 Å². The molecule has 0 aliphatic heterocycles. The molecule has 0 radical (unpaired) electrons. The second-order valence-electron chi connectivity index (χ2n) is 17.8. The van der Waals surface area contributed by atoms with Gasteiger partial charge in [-0.2, -0.15) is 0 Å². The van der Waals surface area contributed by atoms with Crippen LogP contribution in [0.4, 0.5) is 0 Å². The molecule has 57 heavy (non-hydrogen) atoms. The standard InChI is InChI=1S/C50H98NO5P/c1-7-11-25-34-46(35-26-12-8-2)44-55-48(52)38-29-21-17-15-19-23-31-42-57(50(54)40-33-41-51(5)6)43-32-24-20-16-18-22-30-39-49(53)56-45-47(36-27-13-9-3)37-28-14-10-4/h46-47H,7-45H2,1-6H3. The lowest BCUT2D eigenvalue weighted by Crippen LogP contribution is -2.14. The first-order valence-corrected chi connectivity index (χ1v) is 26.7. The minimum atomic E-state index is -0.524. The Morgan fingerprint density at radius 2 is 0.754 bits per heavy atom. The highest BCUT2D eigenvalue weighted by atomic mass is 31.1. The molecule has 6 nitrogen and oxygen atoms in total. The first-order valence-electron chi connectivity index (χ1n) is 25.0. The zero-order valence-electron chi connectivity index (χ0n) is 39.2. The Balaban J connectivity index is 4.22. The van der Waals surface area contributed by atoms with Crippen LogP contribution in [0.5, 0.6) is 0 Å². The zero-order valence-corrected chi connectivity index (χ0v) is 40.1. The van der Waals surface area contributed by atoms with Gasteiger partial charge >= 0.3 is 11.9 Å². The molecule has 0 saturated heterocycles. The van der Waals surface area contributed by atoms with Crippen molar-refractivity contribution in [1.82, 2.24) is 4.90 Å². The molecule has 0 atom stereocenters. The Bertz CT molecular complexity index is 820. The molecule has 0 rings (SSSR count). The molecule has 0 aliphatic rings. The van der Waals surface area contributed by atoms with Crippen LogP contribution in [0, 0.1) is 11.8 Å². The summed E-state index contributed by atoms with van der Waals surface area (Å²) in [6.07, 6.45) is 41.1. The highest BCUT2D eigenvalue weighted by Gasteiger charge is 2.17. The molecule has 0 unspecified atom stereocenters. The molecular weight excluding hydrogens is 726 g/mol. The van der Waals surface area contributed by atoms with Crippen molar-refractivity contribution in [3.63, 3.8) is 0 Å². The van der Waals surface area contributed by atoms with Gasteiger partial charge in [0.2, 0.25) is 0 Å². The van der Waals surface area contributed by atoms with Crippen molar-refractivity contribution in [3.05, 3.63) is 0 Å². The van der Waals surface area contributed by atoms with Gasteiger partial charge in [0, 0.05) is 19.3 Å². The average Bonchev–Trinajstić information content (AvgIpc) is 3.19. The lowest BCUT2D eigenvalue weighted by atomic mass is 9.96. The number of ether oxygens (including phenoxy) is 2. The smallest absolute Gasteiger partial charge is 0.305 e. The van der Waals surface area contributed by atoms with Crippen LogP contribution in [-0.4, -0.2) is 68.5 Å². The van der Waals surface area contributed by atoms with Crippen LogP contribution in [0.2, 0.25) is 0 Å². The van der Waals surface area contributed by atoms with E-state index in [1.165, 1.54) is 167 Å². The number of nitrogens with zero attached hydrogens (tertiary/aromatic N) is 1. The molecule has 0 aromatic rings. The van der Waals surface area contributed by atoms with Gasteiger partial charge in [-0.1, -0.05) is 169 Å². The third kappa shape index (κ3) is 38.9. The lowest BCUT2D eigenvalue weighted by molar-refractivity contribution is -0.146. The van der Waals surface area contributed by atoms with Gasteiger partial charge in [-0.25, -0.2) is 0 Å². The van der Waals surface area contributed by atoms with E-state index < -0.39 is 7.92 Å². The van der Waals surface area contributed by atoms with E-state index >= 15 is 0 Å². The van der Waals surface area contributed by atoms with Crippen molar-refractivity contribution in [3.8, 4) is 0 Å². The molecular formula is C50H98NO5P. The van der Waals surface area contributed by atoms with E-state index in [-0.39, 0.29) is 11.9 Å². The summed E-state index contributed by atoms with van der Waals surface area (Å²) < 4.78 is 11.4. The van der Waals surface area contributed by atoms with Gasteiger partial charge in [0.25, 0.3) is 0 Å². The first kappa shape index (κ1) is 56.0. The third-order valence-corrected chi connectivity index (χ3v) is 14.4. The van der Waals surface area contributed by atoms with Crippen molar-refractivity contribution in [1.29, 1.82) is 0 Å². The van der Waals surface area contributed by atoms with Gasteiger partial charge in [0.05, 0.1) is 13.2 Å². The number of unbranched alkanes of at least 4 members (excludes halogenated alkanes) is 20. The largest absolute Gasteiger partial charge is 0.465 e. The molecule has 0 aromatic heterocycles. The number of carbonyl (C=O) groups excluding carboxylic acids is 3. The maximum absolute atomic E-state index is 13.2. The summed E-state index contributed by atoms with van der Waals surface area (Å²) in [7, 11) is 3.65. The van der Waals surface area contributed by atoms with Crippen molar-refractivity contribution in [2.24, 2.45) is 11.8 Å². The van der Waals surface area contributed by atoms with Gasteiger partial charge < -0.3 is 14.4 Å². The highest BCUT2D eigenvalue weighted by molar-refractivity contribution is 7.74. The number of carbonyl (C=O) groups is 3. The van der Waals surface area contributed by atoms with E-state index in [2.05, 4.69) is 46.7 Å². The number of rotatable bonds is 45. The van der Waals surface area contributed by atoms with E-state index in [4.69, 9.17) is 9.47 Å². The molecule has 7 heteroatoms. The van der Waals surface area contributed by atoms with Crippen LogP contribution in [-0.2, 0) is 23.9 Å². The average molecular weight is 824 g/mol. The van der Waals surface area contributed by atoms with E-state index in [1.807, 2.05) is 0 Å². The van der Waals surface area contributed by atoms with Crippen molar-refractivity contribution in [2.45, 2.75) is 246 Å². The maximum Gasteiger partial charge on any atom is 0.305 e. The number of esters is 2. The van der Waals surface area contributed by atoms with Crippen molar-refractivity contribution < 1.29 is 23.9 Å². The Morgan fingerprint density at radius 3 is 1.09 bits per heavy atom. The minimum absolute atomic E-state index is 0.00178. The minimum Gasteiger partial charge on any atom is -0.465 e. The predicted octanol–water partition coefficient (Wildman–Crippen LogP) is 15.2. The molecule has 338 valence electrons. The summed E-state index contributed by atoms with van der Waals surface area (Å²) in [4.78, 5) is 40.3. The Morgan fingerprint density at radius 1 is 0.421 bits per heavy atom. The fourth-order valence-electron chi connectivity index (χ4n) is 7.90. The normalized spacial score (nSPS) is 11.8. The van der Waals surface area contributed by atoms with Crippen LogP contribution in [0.3, 0.4) is 0 Å². The lowest BCUT2D eigenvalue weighted by Gasteiger charge is -2.17. The SMILES string of the molecule is CCCCCC(CCCCC)COC(=O)CCCCCCCCCP(CCCCCCCCCC(=O)OCC(CCCCC)CCCCC)C(=O)CCCN(C)C. The van der Waals surface area contributed by atoms with Crippen LogP contribution in [0.15, 0.2) is 0 Å². The molecule has 0 bridgehead atoms. The molecule has 0 aromatic carbocycles. The molecule has 0 saturated carbocycles.